The van der Waals surface area contributed by atoms with E-state index in [1.165, 1.54) is 5.57 Å². The number of carbonyl (C=O) groups is 1. The first kappa shape index (κ1) is 19.8. The molecular weight excluding hydrogens is 384 g/mol. The molecule has 5 rings (SSSR count). The van der Waals surface area contributed by atoms with Crippen LogP contribution in [0.3, 0.4) is 0 Å². The summed E-state index contributed by atoms with van der Waals surface area (Å²) in [4.78, 5) is 22.1. The van der Waals surface area contributed by atoms with Crippen LogP contribution in [0.1, 0.15) is 31.0 Å². The van der Waals surface area contributed by atoms with Gasteiger partial charge in [0.25, 0.3) is 5.91 Å². The van der Waals surface area contributed by atoms with E-state index in [0.717, 1.165) is 60.7 Å². The van der Waals surface area contributed by atoms with Gasteiger partial charge in [0.2, 0.25) is 0 Å². The molecule has 31 heavy (non-hydrogen) atoms. The minimum Gasteiger partial charge on any atom is -0.307 e. The topological polar surface area (TPSA) is 40.9 Å². The molecule has 0 aliphatic carbocycles. The number of pyridine rings is 1. The number of fused-ring (bicyclic) bond motifs is 2. The van der Waals surface area contributed by atoms with Gasteiger partial charge < -0.3 is 9.30 Å². The Morgan fingerprint density at radius 2 is 2.00 bits per heavy atom. The van der Waals surface area contributed by atoms with Crippen LogP contribution < -0.4 is 0 Å². The normalized spacial score (nSPS) is 24.6. The van der Waals surface area contributed by atoms with E-state index in [9.17, 15) is 4.79 Å². The third-order valence-electron chi connectivity index (χ3n) is 6.48. The highest BCUT2D eigenvalue weighted by atomic mass is 16.2. The lowest BCUT2D eigenvalue weighted by Gasteiger charge is -2.33. The number of piperidine rings is 1. The van der Waals surface area contributed by atoms with Gasteiger partial charge in [-0.2, -0.15) is 0 Å². The Labute approximate surface area is 183 Å². The van der Waals surface area contributed by atoms with E-state index in [-0.39, 0.29) is 5.91 Å². The molecule has 0 radical (unpaired) electrons. The largest absolute Gasteiger partial charge is 0.307 e. The smallest absolute Gasteiger partial charge is 0.255 e. The third kappa shape index (κ3) is 3.93. The average Bonchev–Trinajstić information content (AvgIpc) is 3.16. The van der Waals surface area contributed by atoms with Gasteiger partial charge in [-0.15, -0.1) is 0 Å². The predicted molar refractivity (Wildman–Crippen MR) is 124 cm³/mol. The molecular formula is C26H28N4O. The molecule has 1 fully saturated rings. The summed E-state index contributed by atoms with van der Waals surface area (Å²) in [6.45, 7) is 7.58. The number of carbonyl (C=O) groups excluding carboxylic acids is 1. The highest BCUT2D eigenvalue weighted by Crippen LogP contribution is 2.31. The quantitative estimate of drug-likeness (QED) is 0.746. The van der Waals surface area contributed by atoms with Gasteiger partial charge in [0.15, 0.2) is 0 Å². The fourth-order valence-electron chi connectivity index (χ4n) is 4.65. The summed E-state index contributed by atoms with van der Waals surface area (Å²) in [5, 5.41) is 0. The maximum absolute atomic E-state index is 13.2. The van der Waals surface area contributed by atoms with E-state index < -0.39 is 0 Å². The molecule has 0 saturated carbocycles. The van der Waals surface area contributed by atoms with E-state index in [1.54, 1.807) is 11.0 Å². The Balaban J connectivity index is 1.43. The van der Waals surface area contributed by atoms with E-state index >= 15 is 0 Å². The van der Waals surface area contributed by atoms with Crippen molar-refractivity contribution in [3.8, 4) is 0 Å². The lowest BCUT2D eigenvalue weighted by Crippen LogP contribution is -2.35. The molecule has 5 heteroatoms. The fraction of sp³-hybridized carbons (Fsp3) is 0.308. The zero-order valence-corrected chi connectivity index (χ0v) is 18.2. The first-order chi connectivity index (χ1) is 15.1. The van der Waals surface area contributed by atoms with Crippen LogP contribution in [0.4, 0.5) is 0 Å². The Kier molecular flexibility index (Phi) is 5.20. The van der Waals surface area contributed by atoms with Gasteiger partial charge in [-0.25, -0.2) is 4.98 Å². The van der Waals surface area contributed by atoms with Gasteiger partial charge in [-0.1, -0.05) is 25.2 Å². The number of hydrogen-bond donors (Lipinski definition) is 0. The van der Waals surface area contributed by atoms with Gasteiger partial charge in [0.05, 0.1) is 5.69 Å². The van der Waals surface area contributed by atoms with Gasteiger partial charge in [-0.05, 0) is 86.3 Å². The van der Waals surface area contributed by atoms with Crippen molar-refractivity contribution in [1.29, 1.82) is 0 Å². The average molecular weight is 413 g/mol. The molecule has 1 amide bonds. The zero-order valence-electron chi connectivity index (χ0n) is 18.2. The molecule has 3 aliphatic heterocycles. The van der Waals surface area contributed by atoms with Gasteiger partial charge >= 0.3 is 0 Å². The highest BCUT2D eigenvalue weighted by molar-refractivity contribution is 6.00. The number of likely N-dealkylation sites (tertiary alicyclic amines) is 1. The van der Waals surface area contributed by atoms with Gasteiger partial charge in [0, 0.05) is 30.4 Å². The van der Waals surface area contributed by atoms with Crippen molar-refractivity contribution < 1.29 is 4.79 Å². The fourth-order valence-corrected chi connectivity index (χ4v) is 4.65. The molecule has 5 nitrogen and oxygen atoms in total. The standard InChI is InChI=1S/C26H28N4O/c1-3-28-12-9-20(10-13-28)23-7-8-24-6-4-5-21(16-26(31)30(24)18-23)22-11-14-29-17-19(2)27-25(29)15-22/h4-8,11,14-18,20H,3,9-10,12-13H2,1-2H3/b5-4+,21-16+,24-6+. The maximum Gasteiger partial charge on any atom is 0.255 e. The third-order valence-corrected chi connectivity index (χ3v) is 6.48. The second-order valence-corrected chi connectivity index (χ2v) is 8.49. The number of aromatic nitrogens is 2. The van der Waals surface area contributed by atoms with Crippen molar-refractivity contribution >= 4 is 17.1 Å². The number of aryl methyl sites for hydroxylation is 1. The number of amides is 1. The molecule has 0 atom stereocenters. The minimum atomic E-state index is -0.0159. The van der Waals surface area contributed by atoms with Crippen LogP contribution >= 0.6 is 0 Å². The van der Waals surface area contributed by atoms with E-state index in [2.05, 4.69) is 35.2 Å². The number of nitrogens with zero attached hydrogens (tertiary/aromatic N) is 4. The van der Waals surface area contributed by atoms with Crippen molar-refractivity contribution in [3.05, 3.63) is 89.7 Å². The molecule has 5 heterocycles. The van der Waals surface area contributed by atoms with Crippen LogP contribution in [0.2, 0.25) is 0 Å². The number of hydrogen-bond acceptors (Lipinski definition) is 3. The SMILES string of the molecule is CCN1CCC(C2=CN3C(=O)\C=C(c4ccn5cc(C)nc5c4)/C=C/C=C/3C=C2)CC1. The van der Waals surface area contributed by atoms with Crippen molar-refractivity contribution in [2.75, 3.05) is 19.6 Å². The molecule has 2 aromatic heterocycles. The van der Waals surface area contributed by atoms with Crippen molar-refractivity contribution in [2.24, 2.45) is 5.92 Å². The summed E-state index contributed by atoms with van der Waals surface area (Å²) in [5.41, 5.74) is 5.91. The highest BCUT2D eigenvalue weighted by Gasteiger charge is 2.25. The minimum absolute atomic E-state index is 0.0159. The molecule has 3 aliphatic rings. The first-order valence-corrected chi connectivity index (χ1v) is 11.1. The number of rotatable bonds is 3. The van der Waals surface area contributed by atoms with E-state index in [1.807, 2.05) is 54.1 Å². The molecule has 0 N–H and O–H groups in total. The first-order valence-electron chi connectivity index (χ1n) is 11.1. The van der Waals surface area contributed by atoms with Gasteiger partial charge in [-0.3, -0.25) is 9.69 Å². The van der Waals surface area contributed by atoms with E-state index in [4.69, 9.17) is 0 Å². The molecule has 0 bridgehead atoms. The lowest BCUT2D eigenvalue weighted by molar-refractivity contribution is -0.122. The van der Waals surface area contributed by atoms with Crippen molar-refractivity contribution in [1.82, 2.24) is 19.2 Å². The Bertz CT molecular complexity index is 1170. The Morgan fingerprint density at radius 3 is 2.81 bits per heavy atom. The van der Waals surface area contributed by atoms with Crippen molar-refractivity contribution in [3.63, 3.8) is 0 Å². The van der Waals surface area contributed by atoms with Crippen LogP contribution in [0.5, 0.6) is 0 Å². The predicted octanol–water partition coefficient (Wildman–Crippen LogP) is 4.49. The van der Waals surface area contributed by atoms with Crippen molar-refractivity contribution in [2.45, 2.75) is 26.7 Å². The Morgan fingerprint density at radius 1 is 1.16 bits per heavy atom. The monoisotopic (exact) mass is 412 g/mol. The van der Waals surface area contributed by atoms with Crippen LogP contribution in [-0.4, -0.2) is 44.7 Å². The zero-order chi connectivity index (χ0) is 21.4. The molecule has 0 unspecified atom stereocenters. The molecule has 0 spiro atoms. The summed E-state index contributed by atoms with van der Waals surface area (Å²) in [6, 6.07) is 4.06. The Hall–Kier alpha value is -3.18. The van der Waals surface area contributed by atoms with Crippen LogP contribution in [0.15, 0.2) is 78.5 Å². The van der Waals surface area contributed by atoms with Gasteiger partial charge in [0.1, 0.15) is 5.65 Å². The summed E-state index contributed by atoms with van der Waals surface area (Å²) < 4.78 is 2.00. The summed E-state index contributed by atoms with van der Waals surface area (Å²) >= 11 is 0. The summed E-state index contributed by atoms with van der Waals surface area (Å²) in [5.74, 6) is 0.502. The second-order valence-electron chi connectivity index (χ2n) is 8.49. The lowest BCUT2D eigenvalue weighted by atomic mass is 9.88. The summed E-state index contributed by atoms with van der Waals surface area (Å²) in [6.07, 6.45) is 20.4. The van der Waals surface area contributed by atoms with E-state index in [0.29, 0.717) is 5.92 Å². The second kappa shape index (κ2) is 8.16. The maximum atomic E-state index is 13.2. The molecule has 1 saturated heterocycles. The summed E-state index contributed by atoms with van der Waals surface area (Å²) in [7, 11) is 0. The molecule has 0 aromatic carbocycles. The van der Waals surface area contributed by atoms with Crippen LogP contribution in [0, 0.1) is 12.8 Å². The molecule has 2 aromatic rings. The molecule has 158 valence electrons. The number of allylic oxidation sites excluding steroid dienone is 7. The number of imidazole rings is 1. The van der Waals surface area contributed by atoms with Crippen LogP contribution in [0.25, 0.3) is 11.2 Å². The van der Waals surface area contributed by atoms with Crippen LogP contribution in [-0.2, 0) is 4.79 Å².